The molecular weight excluding hydrogens is 431 g/mol. The molecule has 33 heavy (non-hydrogen) atoms. The minimum absolute atomic E-state index is 0.0216. The van der Waals surface area contributed by atoms with Crippen molar-refractivity contribution in [2.45, 2.75) is 69.2 Å². The molecule has 178 valence electrons. The Morgan fingerprint density at radius 2 is 1.79 bits per heavy atom. The van der Waals surface area contributed by atoms with Crippen LogP contribution < -0.4 is 15.4 Å². The SMILES string of the molecule is O=C(NC1CCNC1)c1ccc(OC2CCCCC(c3ccc(C(F)(F)F)cc3)CC2)cn1. The average Bonchev–Trinajstić information content (AvgIpc) is 3.29. The van der Waals surface area contributed by atoms with Gasteiger partial charge in [-0.3, -0.25) is 4.79 Å². The molecule has 1 aliphatic heterocycles. The normalized spacial score (nSPS) is 24.0. The second kappa shape index (κ2) is 10.5. The van der Waals surface area contributed by atoms with Crippen LogP contribution in [-0.4, -0.2) is 36.1 Å². The summed E-state index contributed by atoms with van der Waals surface area (Å²) in [5.74, 6) is 0.680. The maximum atomic E-state index is 12.9. The van der Waals surface area contributed by atoms with Gasteiger partial charge in [0.15, 0.2) is 0 Å². The molecule has 8 heteroatoms. The highest BCUT2D eigenvalue weighted by Crippen LogP contribution is 2.35. The van der Waals surface area contributed by atoms with E-state index in [2.05, 4.69) is 15.6 Å². The van der Waals surface area contributed by atoms with E-state index in [9.17, 15) is 18.0 Å². The summed E-state index contributed by atoms with van der Waals surface area (Å²) in [7, 11) is 0. The molecule has 2 N–H and O–H groups in total. The highest BCUT2D eigenvalue weighted by molar-refractivity contribution is 5.92. The van der Waals surface area contributed by atoms with Gasteiger partial charge in [0, 0.05) is 12.6 Å². The number of ether oxygens (including phenoxy) is 1. The van der Waals surface area contributed by atoms with Gasteiger partial charge in [-0.1, -0.05) is 18.6 Å². The molecule has 0 spiro atoms. The van der Waals surface area contributed by atoms with Crippen LogP contribution in [0.5, 0.6) is 5.75 Å². The molecule has 2 aromatic rings. The number of aromatic nitrogens is 1. The molecule has 5 nitrogen and oxygen atoms in total. The van der Waals surface area contributed by atoms with Crippen molar-refractivity contribution in [2.24, 2.45) is 0 Å². The van der Waals surface area contributed by atoms with E-state index in [0.717, 1.165) is 63.6 Å². The number of carbonyl (C=O) groups excluding carboxylic acids is 1. The molecule has 4 rings (SSSR count). The third kappa shape index (κ3) is 6.47. The van der Waals surface area contributed by atoms with Gasteiger partial charge in [-0.15, -0.1) is 0 Å². The molecule has 0 bridgehead atoms. The van der Waals surface area contributed by atoms with Gasteiger partial charge in [0.05, 0.1) is 17.9 Å². The van der Waals surface area contributed by atoms with Gasteiger partial charge in [-0.2, -0.15) is 13.2 Å². The summed E-state index contributed by atoms with van der Waals surface area (Å²) < 4.78 is 44.7. The molecule has 3 unspecified atom stereocenters. The maximum absolute atomic E-state index is 12.9. The molecule has 1 saturated heterocycles. The molecule has 3 atom stereocenters. The van der Waals surface area contributed by atoms with E-state index in [1.807, 2.05) is 0 Å². The molecular formula is C25H30F3N3O2. The molecule has 2 fully saturated rings. The van der Waals surface area contributed by atoms with E-state index in [4.69, 9.17) is 4.74 Å². The molecule has 1 aromatic carbocycles. The highest BCUT2D eigenvalue weighted by atomic mass is 19.4. The number of carbonyl (C=O) groups is 1. The van der Waals surface area contributed by atoms with Crippen molar-refractivity contribution in [1.82, 2.24) is 15.6 Å². The number of nitrogens with zero attached hydrogens (tertiary/aromatic N) is 1. The van der Waals surface area contributed by atoms with Crippen LogP contribution in [0.3, 0.4) is 0 Å². The van der Waals surface area contributed by atoms with Crippen LogP contribution in [0.15, 0.2) is 42.6 Å². The van der Waals surface area contributed by atoms with Gasteiger partial charge >= 0.3 is 6.18 Å². The number of nitrogens with one attached hydrogen (secondary N) is 2. The second-order valence-corrected chi connectivity index (χ2v) is 8.96. The first kappa shape index (κ1) is 23.5. The zero-order valence-corrected chi connectivity index (χ0v) is 18.5. The number of amides is 1. The monoisotopic (exact) mass is 461 g/mol. The largest absolute Gasteiger partial charge is 0.489 e. The van der Waals surface area contributed by atoms with Gasteiger partial charge in [0.25, 0.3) is 5.91 Å². The lowest BCUT2D eigenvalue weighted by Gasteiger charge is -2.26. The number of alkyl halides is 3. The zero-order valence-electron chi connectivity index (χ0n) is 18.5. The predicted molar refractivity (Wildman–Crippen MR) is 119 cm³/mol. The first-order valence-corrected chi connectivity index (χ1v) is 11.7. The molecule has 0 radical (unpaired) electrons. The number of hydrogen-bond donors (Lipinski definition) is 2. The fourth-order valence-corrected chi connectivity index (χ4v) is 4.65. The van der Waals surface area contributed by atoms with Crippen molar-refractivity contribution >= 4 is 5.91 Å². The molecule has 2 aliphatic rings. The van der Waals surface area contributed by atoms with Gasteiger partial charge in [0.2, 0.25) is 0 Å². The summed E-state index contributed by atoms with van der Waals surface area (Å²) in [5.41, 5.74) is 0.718. The predicted octanol–water partition coefficient (Wildman–Crippen LogP) is 5.08. The van der Waals surface area contributed by atoms with Crippen LogP contribution in [0.2, 0.25) is 0 Å². The Hall–Kier alpha value is -2.61. The summed E-state index contributed by atoms with van der Waals surface area (Å²) in [6, 6.07) is 9.18. The minimum Gasteiger partial charge on any atom is -0.489 e. The minimum atomic E-state index is -4.31. The summed E-state index contributed by atoms with van der Waals surface area (Å²) in [5, 5.41) is 6.19. The fraction of sp³-hybridized carbons (Fsp3) is 0.520. The van der Waals surface area contributed by atoms with E-state index >= 15 is 0 Å². The van der Waals surface area contributed by atoms with Crippen molar-refractivity contribution in [2.75, 3.05) is 13.1 Å². The molecule has 1 saturated carbocycles. The number of pyridine rings is 1. The Morgan fingerprint density at radius 1 is 1.00 bits per heavy atom. The molecule has 2 heterocycles. The molecule has 1 amide bonds. The number of hydrogen-bond acceptors (Lipinski definition) is 4. The van der Waals surface area contributed by atoms with Gasteiger partial charge < -0.3 is 15.4 Å². The third-order valence-electron chi connectivity index (χ3n) is 6.54. The van der Waals surface area contributed by atoms with E-state index in [1.165, 1.54) is 12.1 Å². The number of halogens is 3. The zero-order chi connectivity index (χ0) is 23.3. The maximum Gasteiger partial charge on any atom is 0.416 e. The van der Waals surface area contributed by atoms with Crippen molar-refractivity contribution in [3.63, 3.8) is 0 Å². The topological polar surface area (TPSA) is 63.2 Å². The van der Waals surface area contributed by atoms with Crippen LogP contribution in [0.4, 0.5) is 13.2 Å². The Bertz CT molecular complexity index is 910. The lowest BCUT2D eigenvalue weighted by Crippen LogP contribution is -2.36. The van der Waals surface area contributed by atoms with E-state index in [0.29, 0.717) is 11.4 Å². The van der Waals surface area contributed by atoms with E-state index in [-0.39, 0.29) is 24.0 Å². The van der Waals surface area contributed by atoms with Gasteiger partial charge in [0.1, 0.15) is 11.4 Å². The van der Waals surface area contributed by atoms with Crippen molar-refractivity contribution in [3.05, 3.63) is 59.4 Å². The van der Waals surface area contributed by atoms with Crippen LogP contribution in [0.1, 0.15) is 72.5 Å². The summed E-state index contributed by atoms with van der Waals surface area (Å²) in [6.07, 6.45) is 3.82. The van der Waals surface area contributed by atoms with Crippen LogP contribution >= 0.6 is 0 Å². The highest BCUT2D eigenvalue weighted by Gasteiger charge is 2.30. The Labute approximate surface area is 192 Å². The average molecular weight is 462 g/mol. The van der Waals surface area contributed by atoms with E-state index in [1.54, 1.807) is 30.5 Å². The van der Waals surface area contributed by atoms with E-state index < -0.39 is 11.7 Å². The first-order valence-electron chi connectivity index (χ1n) is 11.7. The third-order valence-corrected chi connectivity index (χ3v) is 6.54. The lowest BCUT2D eigenvalue weighted by molar-refractivity contribution is -0.137. The lowest BCUT2D eigenvalue weighted by atomic mass is 9.85. The quantitative estimate of drug-likeness (QED) is 0.652. The number of benzene rings is 1. The summed E-state index contributed by atoms with van der Waals surface area (Å²) >= 11 is 0. The van der Waals surface area contributed by atoms with Crippen molar-refractivity contribution in [3.8, 4) is 5.75 Å². The fourth-order valence-electron chi connectivity index (χ4n) is 4.65. The standard InChI is InChI=1S/C25H30F3N3O2/c26-25(27,28)19-8-5-18(6-9-19)17-3-1-2-4-21(10-7-17)33-22-11-12-23(30-16-22)24(32)31-20-13-14-29-15-20/h5-6,8-9,11-12,16-17,20-21,29H,1-4,7,10,13-15H2,(H,31,32). The van der Waals surface area contributed by atoms with Crippen LogP contribution in [0.25, 0.3) is 0 Å². The van der Waals surface area contributed by atoms with Crippen molar-refractivity contribution in [1.29, 1.82) is 0 Å². The Balaban J connectivity index is 1.32. The molecule has 1 aromatic heterocycles. The van der Waals surface area contributed by atoms with Crippen LogP contribution in [-0.2, 0) is 6.18 Å². The van der Waals surface area contributed by atoms with Gasteiger partial charge in [-0.05, 0) is 80.8 Å². The number of rotatable bonds is 5. The Kier molecular flexibility index (Phi) is 7.53. The summed E-state index contributed by atoms with van der Waals surface area (Å²) in [6.45, 7) is 1.69. The van der Waals surface area contributed by atoms with Crippen molar-refractivity contribution < 1.29 is 22.7 Å². The molecule has 1 aliphatic carbocycles. The van der Waals surface area contributed by atoms with Gasteiger partial charge in [-0.25, -0.2) is 4.98 Å². The first-order chi connectivity index (χ1) is 15.9. The smallest absolute Gasteiger partial charge is 0.416 e. The summed E-state index contributed by atoms with van der Waals surface area (Å²) in [4.78, 5) is 16.6. The Morgan fingerprint density at radius 3 is 2.45 bits per heavy atom. The van der Waals surface area contributed by atoms with Crippen LogP contribution in [0, 0.1) is 0 Å². The second-order valence-electron chi connectivity index (χ2n) is 8.96.